The summed E-state index contributed by atoms with van der Waals surface area (Å²) in [5.74, 6) is -4.59. The minimum absolute atomic E-state index is 0.152. The van der Waals surface area contributed by atoms with Crippen LogP contribution in [0.5, 0.6) is 0 Å². The Balaban J connectivity index is 0.000000172. The molecule has 2 saturated heterocycles. The second-order valence-corrected chi connectivity index (χ2v) is 18.5. The van der Waals surface area contributed by atoms with Crippen molar-refractivity contribution in [2.24, 2.45) is 10.8 Å². The molecule has 0 unspecified atom stereocenters. The molecule has 0 atom stereocenters. The molecule has 316 valence electrons. The molecule has 4 fully saturated rings. The zero-order valence-electron chi connectivity index (χ0n) is 34.6. The van der Waals surface area contributed by atoms with E-state index in [1.807, 2.05) is 14.1 Å². The zero-order chi connectivity index (χ0) is 39.6. The molecule has 2 aliphatic carbocycles. The molecule has 14 heteroatoms. The molecule has 8 rings (SSSR count). The van der Waals surface area contributed by atoms with E-state index in [1.165, 1.54) is 12.8 Å². The number of aromatic nitrogens is 4. The monoisotopic (exact) mass is 793 g/mol. The Kier molecular flexibility index (Phi) is 13.2. The normalized spacial score (nSPS) is 29.5. The Morgan fingerprint density at radius 2 is 1.04 bits per heavy atom. The van der Waals surface area contributed by atoms with Crippen molar-refractivity contribution in [2.75, 3.05) is 80.8 Å². The largest absolute Gasteiger partial charge is 0.381 e. The topological polar surface area (TPSA) is 84.6 Å². The zero-order valence-corrected chi connectivity index (χ0v) is 34.6. The molecule has 0 aromatic carbocycles. The number of hydrogen-bond acceptors (Lipinski definition) is 8. The van der Waals surface area contributed by atoms with Crippen LogP contribution in [0.25, 0.3) is 0 Å². The number of ether oxygens (including phenoxy) is 2. The molecule has 56 heavy (non-hydrogen) atoms. The lowest BCUT2D eigenvalue weighted by molar-refractivity contribution is -0.0309. The van der Waals surface area contributed by atoms with Gasteiger partial charge in [0.25, 0.3) is 11.8 Å². The van der Waals surface area contributed by atoms with Gasteiger partial charge in [0.2, 0.25) is 0 Å². The van der Waals surface area contributed by atoms with Crippen molar-refractivity contribution in [2.45, 2.75) is 140 Å². The highest BCUT2D eigenvalue weighted by Gasteiger charge is 2.46. The average Bonchev–Trinajstić information content (AvgIpc) is 3.85. The van der Waals surface area contributed by atoms with Gasteiger partial charge in [-0.3, -0.25) is 19.2 Å². The second kappa shape index (κ2) is 17.6. The van der Waals surface area contributed by atoms with Crippen LogP contribution in [-0.2, 0) is 48.5 Å². The highest BCUT2D eigenvalue weighted by Crippen LogP contribution is 2.51. The quantitative estimate of drug-likeness (QED) is 0.241. The fraction of sp³-hybridized carbons (Fsp3) is 0.857. The number of likely N-dealkylation sites (N-methyl/N-ethyl adjacent to an activating group) is 4. The Morgan fingerprint density at radius 1 is 0.643 bits per heavy atom. The van der Waals surface area contributed by atoms with Gasteiger partial charge in [-0.25, -0.2) is 17.6 Å². The SMILES string of the molecule is CNCCN(C)Cc1nn2c(c1C1CCC3(CCCOC3)CC1)CC(F)(F)C2.CNCCN(C)Cc1nn2c(c1C1CCC3(CCCOC3)CC1)CC(F)(F)C2. The lowest BCUT2D eigenvalue weighted by atomic mass is 9.66. The first-order chi connectivity index (χ1) is 26.8. The maximum absolute atomic E-state index is 14.1. The van der Waals surface area contributed by atoms with Gasteiger partial charge >= 0.3 is 0 Å². The number of fused-ring (bicyclic) bond motifs is 2. The maximum atomic E-state index is 14.1. The lowest BCUT2D eigenvalue weighted by Crippen LogP contribution is -2.35. The Hall–Kier alpha value is -2.10. The van der Waals surface area contributed by atoms with E-state index in [4.69, 9.17) is 9.47 Å². The highest BCUT2D eigenvalue weighted by molar-refractivity contribution is 5.35. The first kappa shape index (κ1) is 42.0. The standard InChI is InChI=1S/2C21H34F2N4O/c2*1-24-9-10-26(2)13-17-19(18-12-21(22,23)14-27(18)25-17)16-4-7-20(8-5-16)6-3-11-28-15-20/h2*16,24H,3-15H2,1-2H3. The van der Waals surface area contributed by atoms with Gasteiger partial charge in [0.15, 0.2) is 0 Å². The molecule has 10 nitrogen and oxygen atoms in total. The van der Waals surface area contributed by atoms with E-state index >= 15 is 0 Å². The summed E-state index contributed by atoms with van der Waals surface area (Å²) in [5, 5.41) is 15.7. The van der Waals surface area contributed by atoms with E-state index in [0.29, 0.717) is 22.7 Å². The summed E-state index contributed by atoms with van der Waals surface area (Å²) in [7, 11) is 8.05. The van der Waals surface area contributed by atoms with Crippen LogP contribution in [0, 0.1) is 10.8 Å². The molecule has 0 radical (unpaired) electrons. The fourth-order valence-corrected chi connectivity index (χ4v) is 10.9. The summed E-state index contributed by atoms with van der Waals surface area (Å²) < 4.78 is 71.0. The van der Waals surface area contributed by atoms with Gasteiger partial charge in [-0.1, -0.05) is 0 Å². The molecule has 2 aromatic heterocycles. The van der Waals surface area contributed by atoms with Crippen LogP contribution in [-0.4, -0.2) is 122 Å². The number of nitrogens with zero attached hydrogens (tertiary/aromatic N) is 6. The molecule has 2 aromatic rings. The Morgan fingerprint density at radius 3 is 1.38 bits per heavy atom. The number of nitrogens with one attached hydrogen (secondary N) is 2. The van der Waals surface area contributed by atoms with Crippen LogP contribution in [0.15, 0.2) is 0 Å². The molecular weight excluding hydrogens is 725 g/mol. The third-order valence-corrected chi connectivity index (χ3v) is 14.0. The lowest BCUT2D eigenvalue weighted by Gasteiger charge is -2.42. The summed E-state index contributed by atoms with van der Waals surface area (Å²) in [5.41, 5.74) is 6.57. The van der Waals surface area contributed by atoms with Gasteiger partial charge in [0.05, 0.1) is 37.4 Å². The molecule has 6 heterocycles. The molecule has 2 N–H and O–H groups in total. The number of hydrogen-bond donors (Lipinski definition) is 2. The number of rotatable bonds is 12. The van der Waals surface area contributed by atoms with E-state index in [9.17, 15) is 17.6 Å². The van der Waals surface area contributed by atoms with Crippen LogP contribution in [0.4, 0.5) is 17.6 Å². The van der Waals surface area contributed by atoms with Gasteiger partial charge in [-0.2, -0.15) is 10.2 Å². The fourth-order valence-electron chi connectivity index (χ4n) is 10.9. The summed E-state index contributed by atoms with van der Waals surface area (Å²) >= 11 is 0. The molecule has 0 bridgehead atoms. The maximum Gasteiger partial charge on any atom is 0.272 e. The van der Waals surface area contributed by atoms with Gasteiger partial charge in [-0.05, 0) is 128 Å². The Bertz CT molecular complexity index is 1460. The molecule has 2 spiro atoms. The predicted octanol–water partition coefficient (Wildman–Crippen LogP) is 6.36. The van der Waals surface area contributed by atoms with Crippen molar-refractivity contribution in [3.8, 4) is 0 Å². The third kappa shape index (κ3) is 9.67. The van der Waals surface area contributed by atoms with Crippen LogP contribution >= 0.6 is 0 Å². The highest BCUT2D eigenvalue weighted by atomic mass is 19.3. The first-order valence-electron chi connectivity index (χ1n) is 21.6. The van der Waals surface area contributed by atoms with Crippen molar-refractivity contribution >= 4 is 0 Å². The van der Waals surface area contributed by atoms with E-state index in [0.717, 1.165) is 164 Å². The first-order valence-corrected chi connectivity index (χ1v) is 21.6. The minimum atomic E-state index is -2.65. The summed E-state index contributed by atoms with van der Waals surface area (Å²) in [4.78, 5) is 4.46. The van der Waals surface area contributed by atoms with Gasteiger partial charge in [0, 0.05) is 75.0 Å². The van der Waals surface area contributed by atoms with Gasteiger partial charge in [-0.15, -0.1) is 0 Å². The summed E-state index contributed by atoms with van der Waals surface area (Å²) in [6.45, 7) is 8.11. The minimum Gasteiger partial charge on any atom is -0.381 e. The molecule has 6 aliphatic rings. The molecule has 0 amide bonds. The van der Waals surface area contributed by atoms with E-state index in [2.05, 4.69) is 44.7 Å². The van der Waals surface area contributed by atoms with Crippen LogP contribution in [0.2, 0.25) is 0 Å². The van der Waals surface area contributed by atoms with Crippen LogP contribution < -0.4 is 10.6 Å². The molecule has 2 saturated carbocycles. The second-order valence-electron chi connectivity index (χ2n) is 18.5. The van der Waals surface area contributed by atoms with Crippen molar-refractivity contribution in [1.29, 1.82) is 0 Å². The number of alkyl halides is 4. The average molecular weight is 793 g/mol. The van der Waals surface area contributed by atoms with Gasteiger partial charge in [0.1, 0.15) is 13.1 Å². The number of halogens is 4. The van der Waals surface area contributed by atoms with Crippen molar-refractivity contribution in [3.63, 3.8) is 0 Å². The van der Waals surface area contributed by atoms with Crippen LogP contribution in [0.1, 0.15) is 123 Å². The van der Waals surface area contributed by atoms with Crippen molar-refractivity contribution < 1.29 is 27.0 Å². The van der Waals surface area contributed by atoms with E-state index in [1.54, 1.807) is 9.36 Å². The summed E-state index contributed by atoms with van der Waals surface area (Å²) in [6.07, 6.45) is 13.4. The van der Waals surface area contributed by atoms with Crippen molar-refractivity contribution in [1.82, 2.24) is 40.0 Å². The smallest absolute Gasteiger partial charge is 0.272 e. The predicted molar refractivity (Wildman–Crippen MR) is 210 cm³/mol. The molecule has 4 aliphatic heterocycles. The van der Waals surface area contributed by atoms with Crippen LogP contribution in [0.3, 0.4) is 0 Å². The molecular formula is C42H68F4N8O2. The Labute approximate surface area is 331 Å². The summed E-state index contributed by atoms with van der Waals surface area (Å²) in [6, 6.07) is 0. The van der Waals surface area contributed by atoms with E-state index in [-0.39, 0.29) is 25.9 Å². The van der Waals surface area contributed by atoms with Gasteiger partial charge < -0.3 is 20.1 Å². The van der Waals surface area contributed by atoms with E-state index < -0.39 is 11.8 Å². The van der Waals surface area contributed by atoms with Crippen molar-refractivity contribution in [3.05, 3.63) is 33.9 Å². The third-order valence-electron chi connectivity index (χ3n) is 14.0.